The molecule has 0 saturated carbocycles. The van der Waals surface area contributed by atoms with Gasteiger partial charge in [0.15, 0.2) is 5.78 Å². The molecule has 1 aliphatic rings. The highest BCUT2D eigenvalue weighted by Crippen LogP contribution is 2.24. The van der Waals surface area contributed by atoms with Gasteiger partial charge in [0.05, 0.1) is 15.3 Å². The van der Waals surface area contributed by atoms with Gasteiger partial charge in [0.2, 0.25) is 0 Å². The molecule has 2 atom stereocenters. The van der Waals surface area contributed by atoms with Crippen LogP contribution in [0.4, 0.5) is 0 Å². The van der Waals surface area contributed by atoms with E-state index >= 15 is 0 Å². The molecule has 2 rings (SSSR count). The first-order chi connectivity index (χ1) is 8.49. The fourth-order valence-corrected chi connectivity index (χ4v) is 3.60. The van der Waals surface area contributed by atoms with Crippen LogP contribution < -0.4 is 0 Å². The number of piperazine rings is 1. The monoisotopic (exact) mass is 286 g/mol. The number of rotatable bonds is 3. The summed E-state index contributed by atoms with van der Waals surface area (Å²) in [6.45, 7) is 7.16. The third kappa shape index (κ3) is 2.94. The molecule has 0 amide bonds. The van der Waals surface area contributed by atoms with E-state index in [1.807, 2.05) is 13.0 Å². The lowest BCUT2D eigenvalue weighted by atomic mass is 10.1. The minimum Gasteiger partial charge on any atom is -0.304 e. The highest BCUT2D eigenvalue weighted by molar-refractivity contribution is 7.18. The van der Waals surface area contributed by atoms with Crippen molar-refractivity contribution in [1.82, 2.24) is 9.80 Å². The third-order valence-corrected chi connectivity index (χ3v) is 4.82. The fourth-order valence-electron chi connectivity index (χ4n) is 2.53. The maximum atomic E-state index is 12.4. The van der Waals surface area contributed by atoms with Crippen LogP contribution in [-0.4, -0.2) is 54.3 Å². The average Bonchev–Trinajstić information content (AvgIpc) is 2.74. The summed E-state index contributed by atoms with van der Waals surface area (Å²) < 4.78 is 0.678. The molecule has 0 spiro atoms. The van der Waals surface area contributed by atoms with Crippen molar-refractivity contribution < 1.29 is 4.79 Å². The molecule has 3 nitrogen and oxygen atoms in total. The van der Waals surface area contributed by atoms with Crippen molar-refractivity contribution in [2.24, 2.45) is 0 Å². The van der Waals surface area contributed by atoms with Crippen molar-refractivity contribution in [2.45, 2.75) is 25.9 Å². The lowest BCUT2D eigenvalue weighted by Gasteiger charge is -2.41. The molecule has 2 unspecified atom stereocenters. The predicted molar refractivity (Wildman–Crippen MR) is 76.8 cm³/mol. The smallest absolute Gasteiger partial charge is 0.189 e. The fraction of sp³-hybridized carbons (Fsp3) is 0.615. The van der Waals surface area contributed by atoms with Gasteiger partial charge in [0, 0.05) is 25.7 Å². The van der Waals surface area contributed by atoms with E-state index in [-0.39, 0.29) is 11.8 Å². The van der Waals surface area contributed by atoms with E-state index in [0.29, 0.717) is 10.4 Å². The van der Waals surface area contributed by atoms with Crippen molar-refractivity contribution in [2.75, 3.05) is 26.7 Å². The largest absolute Gasteiger partial charge is 0.304 e. The molecule has 1 aromatic heterocycles. The van der Waals surface area contributed by atoms with Crippen LogP contribution in [0.2, 0.25) is 4.34 Å². The van der Waals surface area contributed by atoms with Gasteiger partial charge in [-0.1, -0.05) is 11.6 Å². The second-order valence-electron chi connectivity index (χ2n) is 4.99. The van der Waals surface area contributed by atoms with Gasteiger partial charge in [-0.2, -0.15) is 0 Å². The van der Waals surface area contributed by atoms with Crippen LogP contribution in [0.1, 0.15) is 23.5 Å². The molecule has 18 heavy (non-hydrogen) atoms. The van der Waals surface area contributed by atoms with E-state index in [2.05, 4.69) is 23.8 Å². The number of likely N-dealkylation sites (N-methyl/N-ethyl adjacent to an activating group) is 1. The number of hydrogen-bond donors (Lipinski definition) is 0. The highest BCUT2D eigenvalue weighted by Gasteiger charge is 2.30. The van der Waals surface area contributed by atoms with Gasteiger partial charge in [-0.05, 0) is 33.0 Å². The third-order valence-electron chi connectivity index (χ3n) is 3.57. The van der Waals surface area contributed by atoms with Gasteiger partial charge >= 0.3 is 0 Å². The first-order valence-corrected chi connectivity index (χ1v) is 7.42. The van der Waals surface area contributed by atoms with Crippen LogP contribution in [-0.2, 0) is 0 Å². The molecule has 2 heterocycles. The number of thiophene rings is 1. The van der Waals surface area contributed by atoms with E-state index in [9.17, 15) is 4.79 Å². The molecule has 0 bridgehead atoms. The Bertz CT molecular complexity index is 434. The zero-order valence-electron chi connectivity index (χ0n) is 11.0. The van der Waals surface area contributed by atoms with Crippen molar-refractivity contribution >= 4 is 28.7 Å². The number of ketones is 1. The maximum Gasteiger partial charge on any atom is 0.189 e. The van der Waals surface area contributed by atoms with Gasteiger partial charge in [-0.15, -0.1) is 11.3 Å². The number of halogens is 1. The number of carbonyl (C=O) groups excluding carboxylic acids is 1. The Hall–Kier alpha value is -0.420. The second-order valence-corrected chi connectivity index (χ2v) is 6.71. The SMILES string of the molecule is CC1CN(C)CCN1C(C)C(=O)c1ccc(Cl)s1. The average molecular weight is 287 g/mol. The molecule has 5 heteroatoms. The Labute approximate surface area is 117 Å². The summed E-state index contributed by atoms with van der Waals surface area (Å²) in [7, 11) is 2.12. The zero-order valence-corrected chi connectivity index (χ0v) is 12.6. The van der Waals surface area contributed by atoms with E-state index in [4.69, 9.17) is 11.6 Å². The number of carbonyl (C=O) groups is 1. The number of nitrogens with zero attached hydrogens (tertiary/aromatic N) is 2. The maximum absolute atomic E-state index is 12.4. The van der Waals surface area contributed by atoms with Gasteiger partial charge in [0.25, 0.3) is 0 Å². The van der Waals surface area contributed by atoms with Gasteiger partial charge < -0.3 is 4.90 Å². The molecular weight excluding hydrogens is 268 g/mol. The highest BCUT2D eigenvalue weighted by atomic mass is 35.5. The van der Waals surface area contributed by atoms with E-state index in [1.165, 1.54) is 11.3 Å². The molecule has 1 aliphatic heterocycles. The Morgan fingerprint density at radius 1 is 1.50 bits per heavy atom. The summed E-state index contributed by atoms with van der Waals surface area (Å²) in [5.41, 5.74) is 0. The molecule has 100 valence electrons. The number of hydrogen-bond acceptors (Lipinski definition) is 4. The summed E-state index contributed by atoms with van der Waals surface area (Å²) in [4.78, 5) is 17.7. The summed E-state index contributed by atoms with van der Waals surface area (Å²) in [5, 5.41) is 0. The van der Waals surface area contributed by atoms with Gasteiger partial charge in [-0.25, -0.2) is 0 Å². The Morgan fingerprint density at radius 2 is 2.22 bits per heavy atom. The molecule has 1 saturated heterocycles. The lowest BCUT2D eigenvalue weighted by molar-refractivity contribution is 0.0539. The zero-order chi connectivity index (χ0) is 13.3. The molecule has 0 radical (unpaired) electrons. The Morgan fingerprint density at radius 3 is 2.78 bits per heavy atom. The van der Waals surface area contributed by atoms with Crippen molar-refractivity contribution in [1.29, 1.82) is 0 Å². The van der Waals surface area contributed by atoms with Crippen LogP contribution in [0.5, 0.6) is 0 Å². The second kappa shape index (κ2) is 5.70. The Kier molecular flexibility index (Phi) is 4.43. The molecule has 0 N–H and O–H groups in total. The topological polar surface area (TPSA) is 23.6 Å². The summed E-state index contributed by atoms with van der Waals surface area (Å²) in [5.74, 6) is 0.184. The van der Waals surface area contributed by atoms with Crippen LogP contribution in [0.15, 0.2) is 12.1 Å². The van der Waals surface area contributed by atoms with Crippen LogP contribution >= 0.6 is 22.9 Å². The normalized spacial score (nSPS) is 24.1. The summed E-state index contributed by atoms with van der Waals surface area (Å²) >= 11 is 7.26. The minimum absolute atomic E-state index is 0.0663. The standard InChI is InChI=1S/C13H19ClN2OS/c1-9-8-15(3)6-7-16(9)10(2)13(17)11-4-5-12(14)18-11/h4-5,9-10H,6-8H2,1-3H3. The first kappa shape index (κ1) is 14.0. The van der Waals surface area contributed by atoms with E-state index < -0.39 is 0 Å². The van der Waals surface area contributed by atoms with E-state index in [0.717, 1.165) is 24.5 Å². The molecular formula is C13H19ClN2OS. The van der Waals surface area contributed by atoms with Crippen molar-refractivity contribution in [3.05, 3.63) is 21.3 Å². The molecule has 1 aromatic rings. The van der Waals surface area contributed by atoms with Crippen LogP contribution in [0.3, 0.4) is 0 Å². The summed E-state index contributed by atoms with van der Waals surface area (Å²) in [6.07, 6.45) is 0. The molecule has 1 fully saturated rings. The molecule has 0 aromatic carbocycles. The van der Waals surface area contributed by atoms with Crippen molar-refractivity contribution in [3.63, 3.8) is 0 Å². The summed E-state index contributed by atoms with van der Waals surface area (Å²) in [6, 6.07) is 3.97. The predicted octanol–water partition coefficient (Wildman–Crippen LogP) is 2.61. The molecule has 0 aliphatic carbocycles. The van der Waals surface area contributed by atoms with Gasteiger partial charge in [-0.3, -0.25) is 9.69 Å². The Balaban J connectivity index is 2.07. The van der Waals surface area contributed by atoms with E-state index in [1.54, 1.807) is 6.07 Å². The van der Waals surface area contributed by atoms with Gasteiger partial charge in [0.1, 0.15) is 0 Å². The quantitative estimate of drug-likeness (QED) is 0.798. The minimum atomic E-state index is -0.0663. The number of Topliss-reactive ketones (excluding diaryl/α,β-unsaturated/α-hetero) is 1. The van der Waals surface area contributed by atoms with Crippen molar-refractivity contribution in [3.8, 4) is 0 Å². The lowest BCUT2D eigenvalue weighted by Crippen LogP contribution is -2.55. The first-order valence-electron chi connectivity index (χ1n) is 6.23. The van der Waals surface area contributed by atoms with Crippen LogP contribution in [0.25, 0.3) is 0 Å². The van der Waals surface area contributed by atoms with Crippen LogP contribution in [0, 0.1) is 0 Å².